The van der Waals surface area contributed by atoms with Gasteiger partial charge in [-0.25, -0.2) is 15.0 Å². The quantitative estimate of drug-likeness (QED) is 0.424. The molecule has 2 aromatic heterocycles. The minimum atomic E-state index is -1.50. The lowest BCUT2D eigenvalue weighted by Crippen LogP contribution is -2.39. The maximum absolute atomic E-state index is 12.5. The number of anilines is 1. The highest BCUT2D eigenvalue weighted by Gasteiger charge is 2.41. The van der Waals surface area contributed by atoms with Crippen molar-refractivity contribution >= 4 is 28.8 Å². The Balaban J connectivity index is 1.44. The van der Waals surface area contributed by atoms with Crippen LogP contribution >= 0.6 is 0 Å². The number of aromatic nitrogens is 4. The number of imidazole rings is 1. The number of likely N-dealkylation sites (N-methyl/N-ethyl adjacent to an activating group) is 1. The zero-order valence-corrected chi connectivity index (χ0v) is 22.2. The molecule has 2 amide bonds. The summed E-state index contributed by atoms with van der Waals surface area (Å²) in [6.07, 6.45) is 1.64. The smallest absolute Gasteiger partial charge is 0.290 e. The number of hydrogen-bond acceptors (Lipinski definition) is 9. The summed E-state index contributed by atoms with van der Waals surface area (Å²) in [6.45, 7) is 9.73. The number of aliphatic hydroxyl groups is 2. The fraction of sp³-hybridized carbons (Fsp3) is 0.577. The van der Waals surface area contributed by atoms with Gasteiger partial charge in [0.2, 0.25) is 23.7 Å². The van der Waals surface area contributed by atoms with E-state index in [-0.39, 0.29) is 39.9 Å². The van der Waals surface area contributed by atoms with Crippen LogP contribution in [0.25, 0.3) is 11.2 Å². The number of piperidine rings is 1. The Morgan fingerprint density at radius 3 is 2.63 bits per heavy atom. The highest BCUT2D eigenvalue weighted by atomic mass is 16.5. The zero-order valence-electron chi connectivity index (χ0n) is 22.2. The molecule has 0 spiro atoms. The van der Waals surface area contributed by atoms with Crippen molar-refractivity contribution in [1.29, 1.82) is 0 Å². The zero-order chi connectivity index (χ0) is 27.6. The van der Waals surface area contributed by atoms with E-state index in [1.807, 2.05) is 4.90 Å². The summed E-state index contributed by atoms with van der Waals surface area (Å²) >= 11 is 0. The molecule has 12 heteroatoms. The van der Waals surface area contributed by atoms with E-state index in [0.717, 1.165) is 25.9 Å². The van der Waals surface area contributed by atoms with Crippen molar-refractivity contribution in [3.05, 3.63) is 23.7 Å². The summed E-state index contributed by atoms with van der Waals surface area (Å²) in [4.78, 5) is 39.5. The number of hydrogen-bond donors (Lipinski definition) is 4. The van der Waals surface area contributed by atoms with Crippen molar-refractivity contribution in [1.82, 2.24) is 29.7 Å². The van der Waals surface area contributed by atoms with Gasteiger partial charge >= 0.3 is 0 Å². The maximum atomic E-state index is 12.5. The van der Waals surface area contributed by atoms with Gasteiger partial charge in [0.1, 0.15) is 11.8 Å². The van der Waals surface area contributed by atoms with E-state index in [9.17, 15) is 19.8 Å². The number of amides is 2. The lowest BCUT2D eigenvalue weighted by molar-refractivity contribution is -0.134. The van der Waals surface area contributed by atoms with Gasteiger partial charge in [-0.15, -0.1) is 0 Å². The van der Waals surface area contributed by atoms with E-state index in [0.29, 0.717) is 25.3 Å². The van der Waals surface area contributed by atoms with Gasteiger partial charge in [-0.2, -0.15) is 0 Å². The number of nitrogens with two attached hydrogens (primary N) is 1. The molecule has 0 saturated carbocycles. The highest BCUT2D eigenvalue weighted by Crippen LogP contribution is 2.34. The summed E-state index contributed by atoms with van der Waals surface area (Å²) in [6, 6.07) is 0. The fourth-order valence-electron chi connectivity index (χ4n) is 4.54. The average molecular weight is 526 g/mol. The first-order chi connectivity index (χ1) is 18.0. The number of likely N-dealkylation sites (tertiary alicyclic amines) is 1. The Kier molecular flexibility index (Phi) is 7.78. The van der Waals surface area contributed by atoms with E-state index in [1.165, 1.54) is 10.9 Å². The molecule has 0 radical (unpaired) electrons. The molecule has 12 nitrogen and oxygen atoms in total. The van der Waals surface area contributed by atoms with Gasteiger partial charge in [-0.3, -0.25) is 14.2 Å². The molecule has 4 rings (SSSR count). The number of carbonyl (C=O) groups excluding carboxylic acids is 2. The molecule has 1 saturated heterocycles. The summed E-state index contributed by atoms with van der Waals surface area (Å²) in [5.41, 5.74) is 6.60. The van der Waals surface area contributed by atoms with Crippen molar-refractivity contribution in [2.24, 2.45) is 11.3 Å². The molecule has 0 bridgehead atoms. The third kappa shape index (κ3) is 5.83. The Hall–Kier alpha value is -3.85. The fourth-order valence-corrected chi connectivity index (χ4v) is 4.54. The van der Waals surface area contributed by atoms with Crippen molar-refractivity contribution in [2.75, 3.05) is 25.4 Å². The van der Waals surface area contributed by atoms with Gasteiger partial charge in [-0.1, -0.05) is 26.7 Å². The topological polar surface area (TPSA) is 169 Å². The van der Waals surface area contributed by atoms with Crippen LogP contribution in [0.15, 0.2) is 17.8 Å². The molecule has 2 aliphatic heterocycles. The first kappa shape index (κ1) is 27.2. The SMILES string of the molecule is CCNC(=O)C1=C(O)C(O)[C@H](n2cnc3c(N)nc(C#CCC4CCN(C(=O)CC(C)(C)C)CC4)nc32)O1. The Bertz CT molecular complexity index is 1310. The van der Waals surface area contributed by atoms with E-state index in [4.69, 9.17) is 10.5 Å². The molecule has 1 unspecified atom stereocenters. The molecule has 0 aromatic carbocycles. The summed E-state index contributed by atoms with van der Waals surface area (Å²) in [5, 5.41) is 23.3. The molecule has 2 atom stereocenters. The van der Waals surface area contributed by atoms with Gasteiger partial charge in [0.25, 0.3) is 5.91 Å². The van der Waals surface area contributed by atoms with Crippen LogP contribution in [0.2, 0.25) is 0 Å². The van der Waals surface area contributed by atoms with E-state index in [2.05, 4.69) is 52.9 Å². The Morgan fingerprint density at radius 1 is 1.26 bits per heavy atom. The van der Waals surface area contributed by atoms with Crippen molar-refractivity contribution in [2.45, 2.75) is 65.7 Å². The Labute approximate surface area is 221 Å². The molecule has 38 heavy (non-hydrogen) atoms. The third-order valence-corrected chi connectivity index (χ3v) is 6.53. The molecule has 1 fully saturated rings. The van der Waals surface area contributed by atoms with Gasteiger partial charge in [-0.05, 0) is 37.0 Å². The largest absolute Gasteiger partial charge is 0.506 e. The number of nitrogens with one attached hydrogen (secondary N) is 1. The van der Waals surface area contributed by atoms with E-state index < -0.39 is 24.0 Å². The van der Waals surface area contributed by atoms with Crippen LogP contribution in [0.4, 0.5) is 5.82 Å². The monoisotopic (exact) mass is 525 g/mol. The number of rotatable bonds is 5. The van der Waals surface area contributed by atoms with Crippen LogP contribution in [0.3, 0.4) is 0 Å². The van der Waals surface area contributed by atoms with Crippen LogP contribution in [0.5, 0.6) is 0 Å². The normalized spacial score (nSPS) is 20.3. The van der Waals surface area contributed by atoms with Gasteiger partial charge in [0, 0.05) is 32.5 Å². The highest BCUT2D eigenvalue weighted by molar-refractivity contribution is 5.92. The predicted octanol–water partition coefficient (Wildman–Crippen LogP) is 1.62. The number of carbonyl (C=O) groups is 2. The number of nitrogens with zero attached hydrogens (tertiary/aromatic N) is 5. The van der Waals surface area contributed by atoms with Crippen molar-refractivity contribution in [3.63, 3.8) is 0 Å². The third-order valence-electron chi connectivity index (χ3n) is 6.53. The maximum Gasteiger partial charge on any atom is 0.290 e. The summed E-state index contributed by atoms with van der Waals surface area (Å²) in [5.74, 6) is 5.39. The number of aliphatic hydroxyl groups excluding tert-OH is 2. The van der Waals surface area contributed by atoms with Crippen LogP contribution in [-0.4, -0.2) is 72.2 Å². The Morgan fingerprint density at radius 2 is 1.97 bits per heavy atom. The molecule has 0 aliphatic carbocycles. The second kappa shape index (κ2) is 10.9. The van der Waals surface area contributed by atoms with Gasteiger partial charge < -0.3 is 30.9 Å². The molecule has 4 heterocycles. The first-order valence-electron chi connectivity index (χ1n) is 12.8. The van der Waals surface area contributed by atoms with Gasteiger partial charge in [0.15, 0.2) is 23.3 Å². The van der Waals surface area contributed by atoms with Crippen LogP contribution < -0.4 is 11.1 Å². The lowest BCUT2D eigenvalue weighted by Gasteiger charge is -2.33. The van der Waals surface area contributed by atoms with Gasteiger partial charge in [0.05, 0.1) is 0 Å². The molecule has 204 valence electrons. The molecule has 2 aliphatic rings. The molecular formula is C26H35N7O5. The van der Waals surface area contributed by atoms with Crippen LogP contribution in [0.1, 0.15) is 65.4 Å². The van der Waals surface area contributed by atoms with E-state index >= 15 is 0 Å². The molecule has 5 N–H and O–H groups in total. The average Bonchev–Trinajstić information content (AvgIpc) is 3.40. The lowest BCUT2D eigenvalue weighted by atomic mass is 9.89. The summed E-state index contributed by atoms with van der Waals surface area (Å²) < 4.78 is 6.96. The number of ether oxygens (including phenoxy) is 1. The second-order valence-corrected chi connectivity index (χ2v) is 10.9. The minimum Gasteiger partial charge on any atom is -0.506 e. The van der Waals surface area contributed by atoms with Crippen LogP contribution in [-0.2, 0) is 14.3 Å². The first-order valence-corrected chi connectivity index (χ1v) is 12.8. The molecular weight excluding hydrogens is 490 g/mol. The van der Waals surface area contributed by atoms with Crippen molar-refractivity contribution < 1.29 is 24.5 Å². The number of fused-ring (bicyclic) bond motifs is 1. The van der Waals surface area contributed by atoms with E-state index in [1.54, 1.807) is 6.92 Å². The second-order valence-electron chi connectivity index (χ2n) is 10.9. The predicted molar refractivity (Wildman–Crippen MR) is 139 cm³/mol. The minimum absolute atomic E-state index is 0.0252. The number of nitrogen functional groups attached to an aromatic ring is 1. The standard InChI is InChI=1S/C26H35N7O5/c1-5-28-24(37)21-19(35)20(36)25(38-21)33-14-29-18-22(27)30-16(31-23(18)33)8-6-7-15-9-11-32(12-10-15)17(34)13-26(2,3)4/h14-15,20,25,35-36H,5,7,9-13H2,1-4H3,(H,28,37)(H2,27,30,31)/t20?,25-/m1/s1. The van der Waals surface area contributed by atoms with Crippen LogP contribution in [0, 0.1) is 23.2 Å². The summed E-state index contributed by atoms with van der Waals surface area (Å²) in [7, 11) is 0. The molecule has 2 aromatic rings. The van der Waals surface area contributed by atoms with Crippen molar-refractivity contribution in [3.8, 4) is 11.8 Å².